The van der Waals surface area contributed by atoms with Gasteiger partial charge in [-0.15, -0.1) is 0 Å². The first-order valence-corrected chi connectivity index (χ1v) is 6.36. The molecule has 112 valence electrons. The Balaban J connectivity index is 2.29. The van der Waals surface area contributed by atoms with E-state index in [0.717, 1.165) is 12.1 Å². The van der Waals surface area contributed by atoms with Gasteiger partial charge in [-0.05, 0) is 19.1 Å². The maximum absolute atomic E-state index is 13.6. The molecule has 0 spiro atoms. The van der Waals surface area contributed by atoms with Crippen LogP contribution in [0.1, 0.15) is 12.7 Å². The van der Waals surface area contributed by atoms with E-state index in [0.29, 0.717) is 18.2 Å². The molecule has 21 heavy (non-hydrogen) atoms. The molecule has 0 aliphatic heterocycles. The van der Waals surface area contributed by atoms with E-state index < -0.39 is 11.6 Å². The van der Waals surface area contributed by atoms with Crippen LogP contribution in [0.2, 0.25) is 0 Å². The predicted octanol–water partition coefficient (Wildman–Crippen LogP) is 3.13. The van der Waals surface area contributed by atoms with Gasteiger partial charge in [0, 0.05) is 25.8 Å². The van der Waals surface area contributed by atoms with Crippen LogP contribution in [0.3, 0.4) is 0 Å². The minimum atomic E-state index is -0.799. The fraction of sp³-hybridized carbons (Fsp3) is 0.286. The quantitative estimate of drug-likeness (QED) is 0.887. The number of halogens is 2. The average molecular weight is 295 g/mol. The molecule has 0 fully saturated rings. The molecule has 1 N–H and O–H groups in total. The highest BCUT2D eigenvalue weighted by atomic mass is 19.1. The van der Waals surface area contributed by atoms with Gasteiger partial charge in [0.05, 0.1) is 0 Å². The normalized spacial score (nSPS) is 10.5. The van der Waals surface area contributed by atoms with E-state index >= 15 is 0 Å². The van der Waals surface area contributed by atoms with E-state index in [1.54, 1.807) is 0 Å². The number of nitrogens with zero attached hydrogens (tertiary/aromatic N) is 2. The molecule has 0 saturated carbocycles. The SMILES string of the molecule is CCNc1cc(Oc2ccc(F)cc2F)nc(COC)n1. The van der Waals surface area contributed by atoms with Gasteiger partial charge in [0.1, 0.15) is 18.2 Å². The highest BCUT2D eigenvalue weighted by Gasteiger charge is 2.10. The topological polar surface area (TPSA) is 56.3 Å². The van der Waals surface area contributed by atoms with Crippen molar-refractivity contribution in [3.8, 4) is 11.6 Å². The van der Waals surface area contributed by atoms with Crippen LogP contribution in [0.25, 0.3) is 0 Å². The maximum Gasteiger partial charge on any atom is 0.224 e. The first-order chi connectivity index (χ1) is 10.1. The Morgan fingerprint density at radius 1 is 1.19 bits per heavy atom. The van der Waals surface area contributed by atoms with E-state index in [1.807, 2.05) is 6.92 Å². The van der Waals surface area contributed by atoms with Gasteiger partial charge in [0.25, 0.3) is 0 Å². The highest BCUT2D eigenvalue weighted by Crippen LogP contribution is 2.25. The second-order valence-electron chi connectivity index (χ2n) is 4.15. The van der Waals surface area contributed by atoms with Crippen LogP contribution in [0.15, 0.2) is 24.3 Å². The first kappa shape index (κ1) is 15.1. The van der Waals surface area contributed by atoms with Gasteiger partial charge in [0.2, 0.25) is 5.88 Å². The van der Waals surface area contributed by atoms with E-state index in [1.165, 1.54) is 19.2 Å². The van der Waals surface area contributed by atoms with Crippen molar-refractivity contribution >= 4 is 5.82 Å². The molecule has 5 nitrogen and oxygen atoms in total. The van der Waals surface area contributed by atoms with Crippen LogP contribution in [-0.4, -0.2) is 23.6 Å². The molecular formula is C14H15F2N3O2. The van der Waals surface area contributed by atoms with E-state index in [-0.39, 0.29) is 18.2 Å². The van der Waals surface area contributed by atoms with Crippen molar-refractivity contribution in [3.05, 3.63) is 41.7 Å². The summed E-state index contributed by atoms with van der Waals surface area (Å²) in [6.07, 6.45) is 0. The Bertz CT molecular complexity index is 599. The largest absolute Gasteiger partial charge is 0.436 e. The number of hydrogen-bond donors (Lipinski definition) is 1. The number of ether oxygens (including phenoxy) is 2. The van der Waals surface area contributed by atoms with Gasteiger partial charge < -0.3 is 14.8 Å². The monoisotopic (exact) mass is 295 g/mol. The number of benzene rings is 1. The van der Waals surface area contributed by atoms with Gasteiger partial charge in [0.15, 0.2) is 17.4 Å². The standard InChI is InChI=1S/C14H15F2N3O2/c1-3-17-12-7-14(19-13(18-12)8-20-2)21-11-5-4-9(15)6-10(11)16/h4-7H,3,8H2,1-2H3,(H,17,18,19). The lowest BCUT2D eigenvalue weighted by molar-refractivity contribution is 0.177. The number of aromatic nitrogens is 2. The highest BCUT2D eigenvalue weighted by molar-refractivity contribution is 5.40. The number of nitrogens with one attached hydrogen (secondary N) is 1. The average Bonchev–Trinajstić information content (AvgIpc) is 2.42. The van der Waals surface area contributed by atoms with Gasteiger partial charge >= 0.3 is 0 Å². The van der Waals surface area contributed by atoms with Crippen molar-refractivity contribution in [2.24, 2.45) is 0 Å². The first-order valence-electron chi connectivity index (χ1n) is 6.36. The van der Waals surface area contributed by atoms with Gasteiger partial charge in [-0.3, -0.25) is 0 Å². The molecule has 7 heteroatoms. The smallest absolute Gasteiger partial charge is 0.224 e. The molecule has 0 saturated heterocycles. The molecule has 0 amide bonds. The maximum atomic E-state index is 13.6. The van der Waals surface area contributed by atoms with Gasteiger partial charge in [-0.1, -0.05) is 0 Å². The molecular weight excluding hydrogens is 280 g/mol. The van der Waals surface area contributed by atoms with Crippen molar-refractivity contribution in [1.82, 2.24) is 9.97 Å². The zero-order chi connectivity index (χ0) is 15.2. The molecule has 0 bridgehead atoms. The summed E-state index contributed by atoms with van der Waals surface area (Å²) in [6.45, 7) is 2.77. The molecule has 0 atom stereocenters. The fourth-order valence-corrected chi connectivity index (χ4v) is 1.66. The van der Waals surface area contributed by atoms with Crippen molar-refractivity contribution < 1.29 is 18.3 Å². The van der Waals surface area contributed by atoms with E-state index in [9.17, 15) is 8.78 Å². The summed E-state index contributed by atoms with van der Waals surface area (Å²) >= 11 is 0. The Kier molecular flexibility index (Phi) is 4.99. The van der Waals surface area contributed by atoms with Crippen LogP contribution in [-0.2, 0) is 11.3 Å². The molecule has 0 aliphatic rings. The van der Waals surface area contributed by atoms with E-state index in [4.69, 9.17) is 9.47 Å². The Morgan fingerprint density at radius 2 is 2.00 bits per heavy atom. The molecule has 1 aromatic heterocycles. The molecule has 1 heterocycles. The summed E-state index contributed by atoms with van der Waals surface area (Å²) in [5.74, 6) is -0.493. The van der Waals surface area contributed by atoms with Crippen LogP contribution in [0.5, 0.6) is 11.6 Å². The molecule has 1 aromatic carbocycles. The van der Waals surface area contributed by atoms with Crippen molar-refractivity contribution in [3.63, 3.8) is 0 Å². The van der Waals surface area contributed by atoms with Crippen LogP contribution in [0, 0.1) is 11.6 Å². The number of methoxy groups -OCH3 is 1. The van der Waals surface area contributed by atoms with Crippen molar-refractivity contribution in [2.75, 3.05) is 19.0 Å². The minimum Gasteiger partial charge on any atom is -0.436 e. The van der Waals surface area contributed by atoms with E-state index in [2.05, 4.69) is 15.3 Å². The van der Waals surface area contributed by atoms with Gasteiger partial charge in [-0.25, -0.2) is 13.8 Å². The summed E-state index contributed by atoms with van der Waals surface area (Å²) < 4.78 is 36.8. The Hall–Kier alpha value is -2.28. The molecule has 2 rings (SSSR count). The number of rotatable bonds is 6. The summed E-state index contributed by atoms with van der Waals surface area (Å²) in [7, 11) is 1.52. The number of hydrogen-bond acceptors (Lipinski definition) is 5. The third kappa shape index (κ3) is 4.09. The summed E-state index contributed by atoms with van der Waals surface area (Å²) in [5.41, 5.74) is 0. The van der Waals surface area contributed by atoms with Crippen molar-refractivity contribution in [1.29, 1.82) is 0 Å². The lowest BCUT2D eigenvalue weighted by Gasteiger charge is -2.10. The molecule has 0 radical (unpaired) electrons. The zero-order valence-corrected chi connectivity index (χ0v) is 11.7. The summed E-state index contributed by atoms with van der Waals surface area (Å²) in [6, 6.07) is 4.60. The third-order valence-electron chi connectivity index (χ3n) is 2.49. The zero-order valence-electron chi connectivity index (χ0n) is 11.7. The second kappa shape index (κ2) is 6.94. The molecule has 0 unspecified atom stereocenters. The molecule has 2 aromatic rings. The number of anilines is 1. The lowest BCUT2D eigenvalue weighted by Crippen LogP contribution is -2.05. The van der Waals surface area contributed by atoms with Crippen LogP contribution >= 0.6 is 0 Å². The molecule has 0 aliphatic carbocycles. The van der Waals surface area contributed by atoms with Crippen LogP contribution in [0.4, 0.5) is 14.6 Å². The third-order valence-corrected chi connectivity index (χ3v) is 2.49. The minimum absolute atomic E-state index is 0.110. The van der Waals surface area contributed by atoms with Gasteiger partial charge in [-0.2, -0.15) is 4.98 Å². The summed E-state index contributed by atoms with van der Waals surface area (Å²) in [4.78, 5) is 8.32. The Labute approximate surface area is 120 Å². The Morgan fingerprint density at radius 3 is 2.67 bits per heavy atom. The van der Waals surface area contributed by atoms with Crippen molar-refractivity contribution in [2.45, 2.75) is 13.5 Å². The predicted molar refractivity (Wildman–Crippen MR) is 73.3 cm³/mol. The van der Waals surface area contributed by atoms with Crippen LogP contribution < -0.4 is 10.1 Å². The summed E-state index contributed by atoms with van der Waals surface area (Å²) in [5, 5.41) is 3.02. The second-order valence-corrected chi connectivity index (χ2v) is 4.15. The lowest BCUT2D eigenvalue weighted by atomic mass is 10.3. The fourth-order valence-electron chi connectivity index (χ4n) is 1.66.